The lowest BCUT2D eigenvalue weighted by molar-refractivity contribution is -0.124. The highest BCUT2D eigenvalue weighted by molar-refractivity contribution is 7.09. The second-order valence-electron chi connectivity index (χ2n) is 6.05. The molecule has 7 heteroatoms. The minimum absolute atomic E-state index is 0.0111. The maximum Gasteiger partial charge on any atom is 0.374 e. The molecular weight excluding hydrogens is 378 g/mol. The van der Waals surface area contributed by atoms with Crippen molar-refractivity contribution < 1.29 is 23.5 Å². The maximum atomic E-state index is 12.1. The quantitative estimate of drug-likeness (QED) is 0.462. The minimum atomic E-state index is -0.708. The van der Waals surface area contributed by atoms with Gasteiger partial charge in [0.15, 0.2) is 12.4 Å². The van der Waals surface area contributed by atoms with Gasteiger partial charge in [-0.1, -0.05) is 30.3 Å². The molecule has 3 rings (SSSR count). The van der Waals surface area contributed by atoms with E-state index in [-0.39, 0.29) is 24.1 Å². The Labute approximate surface area is 166 Å². The summed E-state index contributed by atoms with van der Waals surface area (Å²) in [5, 5.41) is 4.69. The number of benzene rings is 1. The molecular formula is C21H19NO5S. The Bertz CT molecular complexity index is 957. The number of ether oxygens (including phenoxy) is 1. The lowest BCUT2D eigenvalue weighted by Gasteiger charge is -2.05. The van der Waals surface area contributed by atoms with Crippen LogP contribution >= 0.6 is 11.3 Å². The fraction of sp³-hybridized carbons (Fsp3) is 0.190. The minimum Gasteiger partial charge on any atom is -0.450 e. The Balaban J connectivity index is 1.48. The molecule has 0 saturated heterocycles. The number of carbonyl (C=O) groups is 3. The maximum absolute atomic E-state index is 12.1. The SMILES string of the molecule is CC(=O)c1ccc(-c2ccc(C(=O)OCC(=O)NCCc3cccs3)o2)cc1. The van der Waals surface area contributed by atoms with Gasteiger partial charge in [-0.25, -0.2) is 4.79 Å². The predicted molar refractivity (Wildman–Crippen MR) is 105 cm³/mol. The van der Waals surface area contributed by atoms with Gasteiger partial charge in [-0.2, -0.15) is 0 Å². The first-order valence-electron chi connectivity index (χ1n) is 8.70. The van der Waals surface area contributed by atoms with Crippen molar-refractivity contribution in [3.8, 4) is 11.3 Å². The average molecular weight is 397 g/mol. The van der Waals surface area contributed by atoms with Gasteiger partial charge in [-0.05, 0) is 36.9 Å². The van der Waals surface area contributed by atoms with Gasteiger partial charge in [-0.3, -0.25) is 9.59 Å². The average Bonchev–Trinajstić information content (AvgIpc) is 3.38. The van der Waals surface area contributed by atoms with Crippen LogP contribution in [0, 0.1) is 0 Å². The van der Waals surface area contributed by atoms with Gasteiger partial charge in [0.2, 0.25) is 5.76 Å². The summed E-state index contributed by atoms with van der Waals surface area (Å²) in [4.78, 5) is 36.3. The van der Waals surface area contributed by atoms with Gasteiger partial charge in [0, 0.05) is 22.5 Å². The van der Waals surface area contributed by atoms with E-state index in [2.05, 4.69) is 5.32 Å². The number of amides is 1. The van der Waals surface area contributed by atoms with Crippen LogP contribution in [0.25, 0.3) is 11.3 Å². The van der Waals surface area contributed by atoms with Gasteiger partial charge in [0.25, 0.3) is 5.91 Å². The third-order valence-electron chi connectivity index (χ3n) is 3.99. The summed E-state index contributed by atoms with van der Waals surface area (Å²) in [6, 6.07) is 14.0. The molecule has 0 spiro atoms. The second-order valence-corrected chi connectivity index (χ2v) is 7.09. The molecule has 144 valence electrons. The zero-order valence-electron chi connectivity index (χ0n) is 15.3. The van der Waals surface area contributed by atoms with Crippen LogP contribution < -0.4 is 5.32 Å². The van der Waals surface area contributed by atoms with Crippen molar-refractivity contribution in [2.45, 2.75) is 13.3 Å². The number of esters is 1. The smallest absolute Gasteiger partial charge is 0.374 e. The van der Waals surface area contributed by atoms with Crippen molar-refractivity contribution in [2.75, 3.05) is 13.2 Å². The molecule has 3 aromatic rings. The molecule has 1 N–H and O–H groups in total. The van der Waals surface area contributed by atoms with Crippen LogP contribution in [0.4, 0.5) is 0 Å². The van der Waals surface area contributed by atoms with Gasteiger partial charge in [0.05, 0.1) is 0 Å². The zero-order chi connectivity index (χ0) is 19.9. The molecule has 0 unspecified atom stereocenters. The third kappa shape index (κ3) is 5.17. The molecule has 1 amide bonds. The fourth-order valence-corrected chi connectivity index (χ4v) is 3.21. The number of thiophene rings is 1. The van der Waals surface area contributed by atoms with Crippen LogP contribution in [0.15, 0.2) is 58.3 Å². The Kier molecular flexibility index (Phi) is 6.39. The highest BCUT2D eigenvalue weighted by Crippen LogP contribution is 2.23. The number of hydrogen-bond donors (Lipinski definition) is 1. The molecule has 0 radical (unpaired) electrons. The van der Waals surface area contributed by atoms with E-state index in [1.165, 1.54) is 17.9 Å². The summed E-state index contributed by atoms with van der Waals surface area (Å²) in [6.07, 6.45) is 0.737. The lowest BCUT2D eigenvalue weighted by atomic mass is 10.1. The fourth-order valence-electron chi connectivity index (χ4n) is 2.51. The number of carbonyl (C=O) groups excluding carboxylic acids is 3. The first kappa shape index (κ1) is 19.6. The molecule has 28 heavy (non-hydrogen) atoms. The highest BCUT2D eigenvalue weighted by atomic mass is 32.1. The van der Waals surface area contributed by atoms with E-state index < -0.39 is 5.97 Å². The molecule has 0 aliphatic heterocycles. The predicted octanol–water partition coefficient (Wildman–Crippen LogP) is 3.73. The Morgan fingerprint density at radius 1 is 1.07 bits per heavy atom. The standard InChI is InChI=1S/C21H19NO5S/c1-14(23)15-4-6-16(7-5-15)18-8-9-19(27-18)21(25)26-13-20(24)22-11-10-17-3-2-12-28-17/h2-9,12H,10-11,13H2,1H3,(H,22,24). The van der Waals surface area contributed by atoms with Crippen molar-refractivity contribution in [1.29, 1.82) is 0 Å². The second kappa shape index (κ2) is 9.14. The van der Waals surface area contributed by atoms with Gasteiger partial charge < -0.3 is 14.5 Å². The number of rotatable bonds is 8. The van der Waals surface area contributed by atoms with Crippen LogP contribution in [0.2, 0.25) is 0 Å². The lowest BCUT2D eigenvalue weighted by Crippen LogP contribution is -2.30. The van der Waals surface area contributed by atoms with Crippen molar-refractivity contribution in [3.05, 3.63) is 70.1 Å². The number of nitrogens with one attached hydrogen (secondary N) is 1. The molecule has 0 fully saturated rings. The van der Waals surface area contributed by atoms with Crippen LogP contribution in [0.5, 0.6) is 0 Å². The number of furan rings is 1. The van der Waals surface area contributed by atoms with E-state index in [0.29, 0.717) is 17.9 Å². The molecule has 0 aliphatic rings. The molecule has 2 aromatic heterocycles. The van der Waals surface area contributed by atoms with Crippen molar-refractivity contribution in [3.63, 3.8) is 0 Å². The summed E-state index contributed by atoms with van der Waals surface area (Å²) in [5.41, 5.74) is 1.33. The number of Topliss-reactive ketones (excluding diaryl/α,β-unsaturated/α-hetero) is 1. The van der Waals surface area contributed by atoms with Crippen LogP contribution in [0.1, 0.15) is 32.7 Å². The molecule has 0 aliphatic carbocycles. The number of hydrogen-bond acceptors (Lipinski definition) is 6. The summed E-state index contributed by atoms with van der Waals surface area (Å²) in [7, 11) is 0. The van der Waals surface area contributed by atoms with Crippen LogP contribution in [0.3, 0.4) is 0 Å². The normalized spacial score (nSPS) is 10.5. The van der Waals surface area contributed by atoms with Crippen molar-refractivity contribution in [1.82, 2.24) is 5.32 Å². The highest BCUT2D eigenvalue weighted by Gasteiger charge is 2.15. The van der Waals surface area contributed by atoms with E-state index in [0.717, 1.165) is 12.0 Å². The Morgan fingerprint density at radius 2 is 1.86 bits per heavy atom. The van der Waals surface area contributed by atoms with E-state index in [1.54, 1.807) is 41.7 Å². The molecule has 1 aromatic carbocycles. The first-order chi connectivity index (χ1) is 13.5. The zero-order valence-corrected chi connectivity index (χ0v) is 16.1. The van der Waals surface area contributed by atoms with Gasteiger partial charge in [0.1, 0.15) is 5.76 Å². The Hall–Kier alpha value is -3.19. The summed E-state index contributed by atoms with van der Waals surface area (Å²) in [5.74, 6) is -0.611. The van der Waals surface area contributed by atoms with E-state index in [1.807, 2.05) is 17.5 Å². The van der Waals surface area contributed by atoms with Crippen molar-refractivity contribution in [2.24, 2.45) is 0 Å². The van der Waals surface area contributed by atoms with E-state index >= 15 is 0 Å². The largest absolute Gasteiger partial charge is 0.450 e. The first-order valence-corrected chi connectivity index (χ1v) is 9.58. The van der Waals surface area contributed by atoms with Gasteiger partial charge >= 0.3 is 5.97 Å². The molecule has 0 atom stereocenters. The molecule has 0 saturated carbocycles. The molecule has 0 bridgehead atoms. The molecule has 6 nitrogen and oxygen atoms in total. The monoisotopic (exact) mass is 397 g/mol. The Morgan fingerprint density at radius 3 is 2.54 bits per heavy atom. The van der Waals surface area contributed by atoms with E-state index in [9.17, 15) is 14.4 Å². The van der Waals surface area contributed by atoms with Crippen molar-refractivity contribution >= 4 is 29.0 Å². The summed E-state index contributed by atoms with van der Waals surface area (Å²) in [6.45, 7) is 1.61. The van der Waals surface area contributed by atoms with Crippen LogP contribution in [-0.2, 0) is 16.0 Å². The number of ketones is 1. The summed E-state index contributed by atoms with van der Waals surface area (Å²) >= 11 is 1.63. The summed E-state index contributed by atoms with van der Waals surface area (Å²) < 4.78 is 10.5. The van der Waals surface area contributed by atoms with E-state index in [4.69, 9.17) is 9.15 Å². The van der Waals surface area contributed by atoms with Gasteiger partial charge in [-0.15, -0.1) is 11.3 Å². The third-order valence-corrected chi connectivity index (χ3v) is 4.93. The van der Waals surface area contributed by atoms with Crippen LogP contribution in [-0.4, -0.2) is 30.8 Å². The topological polar surface area (TPSA) is 85.6 Å². The molecule has 2 heterocycles.